The van der Waals surface area contributed by atoms with Crippen LogP contribution in [0.2, 0.25) is 0 Å². The molecular formula is C9H6BrNO3. The first-order chi connectivity index (χ1) is 6.56. The molecule has 1 aromatic carbocycles. The minimum Gasteiger partial charge on any atom is -0.505 e. The summed E-state index contributed by atoms with van der Waals surface area (Å²) in [6, 6.07) is 4.67. The summed E-state index contributed by atoms with van der Waals surface area (Å²) in [5, 5.41) is 26.5. The highest BCUT2D eigenvalue weighted by atomic mass is 79.9. The lowest BCUT2D eigenvalue weighted by atomic mass is 10.1. The van der Waals surface area contributed by atoms with Crippen LogP contribution >= 0.6 is 15.9 Å². The van der Waals surface area contributed by atoms with Crippen molar-refractivity contribution in [2.24, 2.45) is 0 Å². The van der Waals surface area contributed by atoms with Gasteiger partial charge in [0.05, 0.1) is 16.5 Å². The second kappa shape index (κ2) is 4.11. The molecule has 5 heteroatoms. The highest BCUT2D eigenvalue weighted by Crippen LogP contribution is 2.31. The number of halogens is 1. The van der Waals surface area contributed by atoms with E-state index in [0.29, 0.717) is 5.56 Å². The molecule has 1 rings (SSSR count). The van der Waals surface area contributed by atoms with Gasteiger partial charge >= 0.3 is 5.97 Å². The Hall–Kier alpha value is -1.54. The van der Waals surface area contributed by atoms with Crippen molar-refractivity contribution in [1.29, 1.82) is 5.26 Å². The first-order valence-corrected chi connectivity index (χ1v) is 4.47. The summed E-state index contributed by atoms with van der Waals surface area (Å²) in [6.45, 7) is 0. The molecular weight excluding hydrogens is 250 g/mol. The monoisotopic (exact) mass is 255 g/mol. The van der Waals surface area contributed by atoms with Crippen molar-refractivity contribution in [2.45, 2.75) is 6.42 Å². The molecule has 0 aliphatic carbocycles. The fraction of sp³-hybridized carbons (Fsp3) is 0.111. The van der Waals surface area contributed by atoms with Crippen molar-refractivity contribution in [3.63, 3.8) is 0 Å². The first kappa shape index (κ1) is 10.5. The molecule has 0 unspecified atom stereocenters. The molecule has 2 N–H and O–H groups in total. The van der Waals surface area contributed by atoms with Crippen molar-refractivity contribution in [3.05, 3.63) is 27.7 Å². The Balaban J connectivity index is 3.18. The fourth-order valence-electron chi connectivity index (χ4n) is 0.996. The van der Waals surface area contributed by atoms with Gasteiger partial charge in [0, 0.05) is 0 Å². The summed E-state index contributed by atoms with van der Waals surface area (Å²) in [6.07, 6.45) is -0.195. The van der Waals surface area contributed by atoms with Crippen LogP contribution in [0.25, 0.3) is 0 Å². The molecule has 0 aliphatic heterocycles. The molecule has 0 saturated heterocycles. The molecule has 0 atom stereocenters. The van der Waals surface area contributed by atoms with E-state index in [-0.39, 0.29) is 22.2 Å². The number of nitriles is 1. The number of carboxylic acids is 1. The van der Waals surface area contributed by atoms with Gasteiger partial charge in [-0.1, -0.05) is 6.07 Å². The smallest absolute Gasteiger partial charge is 0.307 e. The summed E-state index contributed by atoms with van der Waals surface area (Å²) in [7, 11) is 0. The number of rotatable bonds is 2. The van der Waals surface area contributed by atoms with Crippen molar-refractivity contribution in [1.82, 2.24) is 0 Å². The van der Waals surface area contributed by atoms with Gasteiger partial charge in [-0.3, -0.25) is 4.79 Å². The predicted octanol–water partition coefficient (Wildman–Crippen LogP) is 1.65. The van der Waals surface area contributed by atoms with Crippen LogP contribution in [0.5, 0.6) is 5.75 Å². The third kappa shape index (κ3) is 2.03. The SMILES string of the molecule is N#Cc1ccc(CC(=O)O)c(Br)c1O. The molecule has 0 radical (unpaired) electrons. The minimum atomic E-state index is -0.991. The molecule has 0 amide bonds. The van der Waals surface area contributed by atoms with Crippen LogP contribution in [0.1, 0.15) is 11.1 Å². The van der Waals surface area contributed by atoms with Gasteiger partial charge in [-0.25, -0.2) is 0 Å². The summed E-state index contributed by atoms with van der Waals surface area (Å²) < 4.78 is 0.263. The molecule has 0 aliphatic rings. The number of carbonyl (C=O) groups is 1. The van der Waals surface area contributed by atoms with Gasteiger partial charge in [0.2, 0.25) is 0 Å². The van der Waals surface area contributed by atoms with Crippen LogP contribution in [0, 0.1) is 11.3 Å². The number of carboxylic acid groups (broad SMARTS) is 1. The number of phenolic OH excluding ortho intramolecular Hbond substituents is 1. The highest BCUT2D eigenvalue weighted by molar-refractivity contribution is 9.10. The van der Waals surface area contributed by atoms with E-state index in [1.54, 1.807) is 6.07 Å². The van der Waals surface area contributed by atoms with Crippen LogP contribution in [-0.2, 0) is 11.2 Å². The Morgan fingerprint density at radius 1 is 1.57 bits per heavy atom. The van der Waals surface area contributed by atoms with E-state index in [0.717, 1.165) is 0 Å². The average Bonchev–Trinajstić information content (AvgIpc) is 2.13. The largest absolute Gasteiger partial charge is 0.505 e. The van der Waals surface area contributed by atoms with Crippen molar-refractivity contribution in [2.75, 3.05) is 0 Å². The number of hydrogen-bond donors (Lipinski definition) is 2. The zero-order valence-electron chi connectivity index (χ0n) is 6.99. The number of aromatic hydroxyl groups is 1. The molecule has 0 fully saturated rings. The van der Waals surface area contributed by atoms with Crippen molar-refractivity contribution >= 4 is 21.9 Å². The van der Waals surface area contributed by atoms with Crippen molar-refractivity contribution in [3.8, 4) is 11.8 Å². The van der Waals surface area contributed by atoms with Crippen LogP contribution in [0.15, 0.2) is 16.6 Å². The number of nitrogens with zero attached hydrogens (tertiary/aromatic N) is 1. The molecule has 0 bridgehead atoms. The Morgan fingerprint density at radius 3 is 2.71 bits per heavy atom. The van der Waals surface area contributed by atoms with Crippen LogP contribution in [0.4, 0.5) is 0 Å². The van der Waals surface area contributed by atoms with Crippen molar-refractivity contribution < 1.29 is 15.0 Å². The minimum absolute atomic E-state index is 0.117. The lowest BCUT2D eigenvalue weighted by Gasteiger charge is -2.04. The van der Waals surface area contributed by atoms with E-state index in [2.05, 4.69) is 15.9 Å². The topological polar surface area (TPSA) is 81.3 Å². The maximum Gasteiger partial charge on any atom is 0.307 e. The van der Waals surface area contributed by atoms with E-state index in [1.807, 2.05) is 0 Å². The van der Waals surface area contributed by atoms with E-state index in [4.69, 9.17) is 10.4 Å². The standard InChI is InChI=1S/C9H6BrNO3/c10-8-5(3-7(12)13)1-2-6(4-11)9(8)14/h1-2,14H,3H2,(H,12,13). The zero-order valence-corrected chi connectivity index (χ0v) is 8.58. The molecule has 0 spiro atoms. The number of phenols is 1. The molecule has 4 nitrogen and oxygen atoms in total. The highest BCUT2D eigenvalue weighted by Gasteiger charge is 2.11. The zero-order chi connectivity index (χ0) is 10.7. The molecule has 72 valence electrons. The lowest BCUT2D eigenvalue weighted by molar-refractivity contribution is -0.136. The Kier molecular flexibility index (Phi) is 3.10. The van der Waals surface area contributed by atoms with E-state index < -0.39 is 5.97 Å². The molecule has 0 aromatic heterocycles. The second-order valence-corrected chi connectivity index (χ2v) is 3.41. The maximum absolute atomic E-state index is 10.4. The first-order valence-electron chi connectivity index (χ1n) is 3.68. The van der Waals surface area contributed by atoms with Gasteiger partial charge in [-0.05, 0) is 27.6 Å². The normalized spacial score (nSPS) is 9.43. The molecule has 14 heavy (non-hydrogen) atoms. The second-order valence-electron chi connectivity index (χ2n) is 2.62. The van der Waals surface area contributed by atoms with E-state index in [1.165, 1.54) is 12.1 Å². The van der Waals surface area contributed by atoms with Gasteiger partial charge in [0.15, 0.2) is 0 Å². The van der Waals surface area contributed by atoms with Crippen LogP contribution < -0.4 is 0 Å². The molecule has 1 aromatic rings. The summed E-state index contributed by atoms with van der Waals surface area (Å²) in [5.74, 6) is -1.21. The lowest BCUT2D eigenvalue weighted by Crippen LogP contribution is -2.01. The summed E-state index contributed by atoms with van der Waals surface area (Å²) in [5.41, 5.74) is 0.556. The Morgan fingerprint density at radius 2 is 2.21 bits per heavy atom. The van der Waals surface area contributed by atoms with Gasteiger partial charge in [0.25, 0.3) is 0 Å². The summed E-state index contributed by atoms with van der Waals surface area (Å²) >= 11 is 3.04. The van der Waals surface area contributed by atoms with Gasteiger partial charge in [0.1, 0.15) is 11.8 Å². The van der Waals surface area contributed by atoms with Crippen LogP contribution in [-0.4, -0.2) is 16.2 Å². The Bertz CT molecular complexity index is 423. The number of hydrogen-bond acceptors (Lipinski definition) is 3. The number of benzene rings is 1. The average molecular weight is 256 g/mol. The van der Waals surface area contributed by atoms with E-state index >= 15 is 0 Å². The maximum atomic E-state index is 10.4. The van der Waals surface area contributed by atoms with Crippen LogP contribution in [0.3, 0.4) is 0 Å². The van der Waals surface area contributed by atoms with E-state index in [9.17, 15) is 9.90 Å². The molecule has 0 saturated carbocycles. The van der Waals surface area contributed by atoms with Gasteiger partial charge in [-0.15, -0.1) is 0 Å². The molecule has 0 heterocycles. The third-order valence-electron chi connectivity index (χ3n) is 1.66. The quantitative estimate of drug-likeness (QED) is 0.842. The predicted molar refractivity (Wildman–Crippen MR) is 51.9 cm³/mol. The van der Waals surface area contributed by atoms with Gasteiger partial charge in [-0.2, -0.15) is 5.26 Å². The van der Waals surface area contributed by atoms with Gasteiger partial charge < -0.3 is 10.2 Å². The summed E-state index contributed by atoms with van der Waals surface area (Å²) in [4.78, 5) is 10.4. The fourth-order valence-corrected chi connectivity index (χ4v) is 1.48. The third-order valence-corrected chi connectivity index (χ3v) is 2.54. The Labute approximate surface area is 88.5 Å². The number of aliphatic carboxylic acids is 1.